The predicted molar refractivity (Wildman–Crippen MR) is 128 cm³/mol. The molecule has 30 heavy (non-hydrogen) atoms. The Hall–Kier alpha value is -3.24. The van der Waals surface area contributed by atoms with E-state index in [2.05, 4.69) is 71.4 Å². The van der Waals surface area contributed by atoms with Crippen molar-refractivity contribution in [3.05, 3.63) is 108 Å². The fraction of sp³-hybridized carbons (Fsp3) is 0.115. The van der Waals surface area contributed by atoms with Gasteiger partial charge in [-0.3, -0.25) is 4.99 Å². The number of anilines is 1. The minimum atomic E-state index is 0.794. The van der Waals surface area contributed by atoms with Crippen molar-refractivity contribution in [3.63, 3.8) is 0 Å². The molecule has 3 nitrogen and oxygen atoms in total. The summed E-state index contributed by atoms with van der Waals surface area (Å²) < 4.78 is 6.12. The van der Waals surface area contributed by atoms with E-state index in [4.69, 9.17) is 4.74 Å². The van der Waals surface area contributed by atoms with Crippen LogP contribution in [0.4, 0.5) is 5.69 Å². The quantitative estimate of drug-likeness (QED) is 0.275. The minimum absolute atomic E-state index is 0.794. The van der Waals surface area contributed by atoms with Gasteiger partial charge in [-0.25, -0.2) is 0 Å². The van der Waals surface area contributed by atoms with Gasteiger partial charge in [0.05, 0.1) is 10.7 Å². The zero-order valence-corrected chi connectivity index (χ0v) is 18.2. The molecule has 0 saturated heterocycles. The van der Waals surface area contributed by atoms with E-state index in [0.29, 0.717) is 0 Å². The van der Waals surface area contributed by atoms with Gasteiger partial charge in [-0.15, -0.1) is 0 Å². The fourth-order valence-corrected chi connectivity index (χ4v) is 4.15. The molecule has 150 valence electrons. The lowest BCUT2D eigenvalue weighted by atomic mass is 10.1. The van der Waals surface area contributed by atoms with Crippen LogP contribution in [0.1, 0.15) is 11.1 Å². The standard InChI is InChI=1S/C26H24N2OS/c1-19-11-7-10-16-24(19)30-25(27-2)17-21(20-12-5-4-6-13-20)18-26-28(3)22-14-8-9-15-23(22)29-26/h4-18H,1-3H3/b21-17-,26-18+,27-25?. The van der Waals surface area contributed by atoms with Gasteiger partial charge in [0.25, 0.3) is 0 Å². The van der Waals surface area contributed by atoms with Crippen molar-refractivity contribution in [2.75, 3.05) is 19.0 Å². The summed E-state index contributed by atoms with van der Waals surface area (Å²) in [7, 11) is 3.86. The van der Waals surface area contributed by atoms with Gasteiger partial charge >= 0.3 is 0 Å². The summed E-state index contributed by atoms with van der Waals surface area (Å²) in [6.07, 6.45) is 4.21. The summed E-state index contributed by atoms with van der Waals surface area (Å²) in [4.78, 5) is 7.82. The second kappa shape index (κ2) is 9.06. The molecule has 0 bridgehead atoms. The third-order valence-corrected chi connectivity index (χ3v) is 6.15. The van der Waals surface area contributed by atoms with Crippen molar-refractivity contribution in [3.8, 4) is 5.75 Å². The molecule has 4 heteroatoms. The highest BCUT2D eigenvalue weighted by molar-refractivity contribution is 8.14. The summed E-state index contributed by atoms with van der Waals surface area (Å²) >= 11 is 1.67. The molecule has 0 N–H and O–H groups in total. The van der Waals surface area contributed by atoms with Crippen LogP contribution in [0.25, 0.3) is 5.57 Å². The highest BCUT2D eigenvalue weighted by atomic mass is 32.2. The smallest absolute Gasteiger partial charge is 0.201 e. The largest absolute Gasteiger partial charge is 0.439 e. The number of hydrogen-bond donors (Lipinski definition) is 0. The maximum atomic E-state index is 6.12. The van der Waals surface area contributed by atoms with E-state index < -0.39 is 0 Å². The molecule has 3 aromatic rings. The molecule has 0 spiro atoms. The summed E-state index contributed by atoms with van der Waals surface area (Å²) in [6, 6.07) is 26.8. The first kappa shape index (κ1) is 20.0. The molecule has 0 radical (unpaired) electrons. The Bertz CT molecular complexity index is 1130. The molecular weight excluding hydrogens is 388 g/mol. The van der Waals surface area contributed by atoms with Crippen LogP contribution in [0, 0.1) is 6.92 Å². The molecule has 0 amide bonds. The van der Waals surface area contributed by atoms with Gasteiger partial charge in [0.2, 0.25) is 5.88 Å². The van der Waals surface area contributed by atoms with Gasteiger partial charge in [-0.2, -0.15) is 0 Å². The number of hydrogen-bond acceptors (Lipinski definition) is 4. The predicted octanol–water partition coefficient (Wildman–Crippen LogP) is 6.57. The molecule has 4 rings (SSSR count). The third kappa shape index (κ3) is 4.34. The van der Waals surface area contributed by atoms with E-state index in [-0.39, 0.29) is 0 Å². The van der Waals surface area contributed by atoms with Crippen LogP contribution in [-0.4, -0.2) is 19.1 Å². The Morgan fingerprint density at radius 2 is 1.63 bits per heavy atom. The molecule has 0 saturated carbocycles. The number of thioether (sulfide) groups is 1. The normalized spacial score (nSPS) is 15.3. The first-order valence-electron chi connectivity index (χ1n) is 9.85. The van der Waals surface area contributed by atoms with Gasteiger partial charge in [-0.05, 0) is 47.9 Å². The Balaban J connectivity index is 1.71. The lowest BCUT2D eigenvalue weighted by Crippen LogP contribution is -2.13. The maximum Gasteiger partial charge on any atom is 0.201 e. The van der Waals surface area contributed by atoms with Crippen molar-refractivity contribution in [2.24, 2.45) is 4.99 Å². The van der Waals surface area contributed by atoms with Gasteiger partial charge in [0.15, 0.2) is 5.75 Å². The number of nitrogens with zero attached hydrogens (tertiary/aromatic N) is 2. The molecule has 3 aromatic carbocycles. The second-order valence-corrected chi connectivity index (χ2v) is 8.07. The number of fused-ring (bicyclic) bond motifs is 1. The lowest BCUT2D eigenvalue weighted by molar-refractivity contribution is 0.444. The molecule has 0 unspecified atom stereocenters. The Kier molecular flexibility index (Phi) is 6.05. The Morgan fingerprint density at radius 3 is 2.37 bits per heavy atom. The number of para-hydroxylation sites is 2. The van der Waals surface area contributed by atoms with Gasteiger partial charge < -0.3 is 9.64 Å². The van der Waals surface area contributed by atoms with E-state index in [1.54, 1.807) is 11.8 Å². The summed E-state index contributed by atoms with van der Waals surface area (Å²) in [6.45, 7) is 2.12. The molecule has 0 aromatic heterocycles. The average molecular weight is 413 g/mol. The van der Waals surface area contributed by atoms with Crippen LogP contribution in [0.15, 0.2) is 107 Å². The van der Waals surface area contributed by atoms with Crippen LogP contribution in [0.2, 0.25) is 0 Å². The van der Waals surface area contributed by atoms with Crippen molar-refractivity contribution < 1.29 is 4.74 Å². The molecule has 0 atom stereocenters. The number of aryl methyl sites for hydroxylation is 1. The molecular formula is C26H24N2OS. The van der Waals surface area contributed by atoms with E-state index in [9.17, 15) is 0 Å². The first-order valence-corrected chi connectivity index (χ1v) is 10.7. The summed E-state index contributed by atoms with van der Waals surface area (Å²) in [5.74, 6) is 1.67. The van der Waals surface area contributed by atoms with Crippen molar-refractivity contribution in [2.45, 2.75) is 11.8 Å². The molecule has 0 aliphatic carbocycles. The third-order valence-electron chi connectivity index (χ3n) is 4.97. The average Bonchev–Trinajstić information content (AvgIpc) is 3.10. The van der Waals surface area contributed by atoms with E-state index >= 15 is 0 Å². The van der Waals surface area contributed by atoms with Crippen LogP contribution < -0.4 is 9.64 Å². The molecule has 1 heterocycles. The fourth-order valence-electron chi connectivity index (χ4n) is 3.27. The summed E-state index contributed by atoms with van der Waals surface area (Å²) in [5.41, 5.74) is 4.47. The molecule has 1 aliphatic rings. The Labute approximate surface area is 182 Å². The van der Waals surface area contributed by atoms with Crippen LogP contribution in [-0.2, 0) is 0 Å². The maximum absolute atomic E-state index is 6.12. The minimum Gasteiger partial charge on any atom is -0.439 e. The lowest BCUT2D eigenvalue weighted by Gasteiger charge is -2.13. The van der Waals surface area contributed by atoms with Gasteiger partial charge in [-0.1, -0.05) is 72.4 Å². The highest BCUT2D eigenvalue weighted by Gasteiger charge is 2.22. The van der Waals surface area contributed by atoms with Gasteiger partial charge in [0.1, 0.15) is 0 Å². The van der Waals surface area contributed by atoms with E-state index in [1.807, 2.05) is 50.5 Å². The number of aliphatic imine (C=N–C) groups is 1. The first-order chi connectivity index (χ1) is 14.7. The van der Waals surface area contributed by atoms with Gasteiger partial charge in [0, 0.05) is 25.1 Å². The number of benzene rings is 3. The topological polar surface area (TPSA) is 24.8 Å². The van der Waals surface area contributed by atoms with Crippen LogP contribution >= 0.6 is 11.8 Å². The summed E-state index contributed by atoms with van der Waals surface area (Å²) in [5, 5.41) is 0.943. The SMILES string of the molecule is CN=C(/C=C(/C=C1/Oc2ccccc2N1C)c1ccccc1)Sc1ccccc1C. The van der Waals surface area contributed by atoms with Crippen LogP contribution in [0.5, 0.6) is 5.75 Å². The van der Waals surface area contributed by atoms with Crippen molar-refractivity contribution >= 4 is 28.1 Å². The highest BCUT2D eigenvalue weighted by Crippen LogP contribution is 2.38. The van der Waals surface area contributed by atoms with Crippen molar-refractivity contribution in [1.29, 1.82) is 0 Å². The zero-order chi connectivity index (χ0) is 20.9. The van der Waals surface area contributed by atoms with Crippen LogP contribution in [0.3, 0.4) is 0 Å². The molecule has 0 fully saturated rings. The van der Waals surface area contributed by atoms with Crippen molar-refractivity contribution in [1.82, 2.24) is 0 Å². The second-order valence-electron chi connectivity index (χ2n) is 7.01. The number of allylic oxidation sites excluding steroid dienone is 2. The monoisotopic (exact) mass is 412 g/mol. The molecule has 1 aliphatic heterocycles. The van der Waals surface area contributed by atoms with E-state index in [1.165, 1.54) is 10.5 Å². The van der Waals surface area contributed by atoms with E-state index in [0.717, 1.165) is 33.5 Å². The Morgan fingerprint density at radius 1 is 0.933 bits per heavy atom. The zero-order valence-electron chi connectivity index (χ0n) is 17.4. The number of ether oxygens (including phenoxy) is 1. The number of rotatable bonds is 4.